The van der Waals surface area contributed by atoms with E-state index >= 15 is 0 Å². The van der Waals surface area contributed by atoms with Crippen LogP contribution in [0, 0.1) is 17.9 Å². The topological polar surface area (TPSA) is 38.0 Å². The van der Waals surface area contributed by atoms with Crippen LogP contribution in [0.15, 0.2) is 279 Å². The first-order valence-electron chi connectivity index (χ1n) is 27.7. The predicted molar refractivity (Wildman–Crippen MR) is 343 cm³/mol. The van der Waals surface area contributed by atoms with E-state index in [0.29, 0.717) is 11.3 Å². The summed E-state index contributed by atoms with van der Waals surface area (Å²) in [5, 5.41) is 24.1. The zero-order valence-electron chi connectivity index (χ0n) is 44.3. The number of benzene rings is 14. The largest absolute Gasteiger partial charge is 0.310 e. The molecule has 14 aromatic carbocycles. The molecule has 0 aliphatic heterocycles. The second kappa shape index (κ2) is 18.7. The Morgan fingerprint density at radius 2 is 0.646 bits per heavy atom. The molecule has 2 heterocycles. The first-order valence-corrected chi connectivity index (χ1v) is 27.7. The summed E-state index contributed by atoms with van der Waals surface area (Å²) in [7, 11) is 0. The Labute approximate surface area is 473 Å². The van der Waals surface area contributed by atoms with Crippen LogP contribution in [0.25, 0.3) is 159 Å². The highest BCUT2D eigenvalue weighted by atomic mass is 15.0. The van der Waals surface area contributed by atoms with Gasteiger partial charge in [-0.05, 0) is 178 Å². The van der Waals surface area contributed by atoms with E-state index in [1.807, 2.05) is 36.4 Å². The van der Waals surface area contributed by atoms with Gasteiger partial charge in [-0.25, -0.2) is 4.85 Å². The molecule has 0 saturated carbocycles. The smallest absolute Gasteiger partial charge is 0.189 e. The van der Waals surface area contributed by atoms with Crippen molar-refractivity contribution >= 4 is 92.4 Å². The van der Waals surface area contributed by atoms with E-state index in [4.69, 9.17) is 6.57 Å². The van der Waals surface area contributed by atoms with Gasteiger partial charge in [0.1, 0.15) is 0 Å². The molecule has 82 heavy (non-hydrogen) atoms. The van der Waals surface area contributed by atoms with Gasteiger partial charge in [-0.3, -0.25) is 0 Å². The van der Waals surface area contributed by atoms with Crippen LogP contribution in [0.3, 0.4) is 0 Å². The quantitative estimate of drug-likeness (QED) is 0.116. The normalized spacial score (nSPS) is 11.6. The van der Waals surface area contributed by atoms with Crippen molar-refractivity contribution in [3.05, 3.63) is 296 Å². The van der Waals surface area contributed by atoms with Gasteiger partial charge < -0.3 is 9.13 Å². The standard InChI is InChI=1S/C78H46N4/c1-80-62-33-39-68-67-35-29-58(45-74(67)82(76(68)47-62)64-18-6-3-7-19-64)53-23-21-52(22-24-53)56-31-37-69-71(43-56)77(60-27-25-50-12-8-10-14-54(50)41-60)70-38-32-57(44-72(70)78(69)61-28-26-51-13-9-11-15-55(51)42-61)59-30-36-66-65-34-20-49(48-79)40-73(65)81(75(66)46-59)63-16-4-2-5-17-63/h2-47H. The molecule has 4 nitrogen and oxygen atoms in total. The number of para-hydroxylation sites is 2. The lowest BCUT2D eigenvalue weighted by molar-refractivity contribution is 1.18. The fourth-order valence-electron chi connectivity index (χ4n) is 13.0. The van der Waals surface area contributed by atoms with Crippen molar-refractivity contribution in [1.82, 2.24) is 9.13 Å². The molecule has 2 aromatic heterocycles. The van der Waals surface area contributed by atoms with Crippen molar-refractivity contribution in [1.29, 1.82) is 5.26 Å². The minimum Gasteiger partial charge on any atom is -0.310 e. The number of hydrogen-bond donors (Lipinski definition) is 0. The van der Waals surface area contributed by atoms with E-state index in [1.54, 1.807) is 0 Å². The van der Waals surface area contributed by atoms with Crippen LogP contribution < -0.4 is 0 Å². The Morgan fingerprint density at radius 3 is 1.13 bits per heavy atom. The van der Waals surface area contributed by atoms with E-state index < -0.39 is 0 Å². The van der Waals surface area contributed by atoms with Gasteiger partial charge in [-0.1, -0.05) is 200 Å². The summed E-state index contributed by atoms with van der Waals surface area (Å²) >= 11 is 0. The van der Waals surface area contributed by atoms with Gasteiger partial charge in [0.15, 0.2) is 5.69 Å². The average molecular weight is 1040 g/mol. The summed E-state index contributed by atoms with van der Waals surface area (Å²) < 4.78 is 4.59. The van der Waals surface area contributed by atoms with Crippen molar-refractivity contribution in [3.63, 3.8) is 0 Å². The molecule has 378 valence electrons. The van der Waals surface area contributed by atoms with Gasteiger partial charge in [0.2, 0.25) is 0 Å². The maximum atomic E-state index is 10.0. The molecule has 16 rings (SSSR count). The Morgan fingerprint density at radius 1 is 0.280 bits per heavy atom. The summed E-state index contributed by atoms with van der Waals surface area (Å²) in [5.74, 6) is 0. The Bertz CT molecular complexity index is 5400. The lowest BCUT2D eigenvalue weighted by atomic mass is 9.83. The van der Waals surface area contributed by atoms with Crippen molar-refractivity contribution in [3.8, 4) is 73.1 Å². The summed E-state index contributed by atoms with van der Waals surface area (Å²) in [5.41, 5.74) is 19.1. The summed E-state index contributed by atoms with van der Waals surface area (Å²) in [6.45, 7) is 7.78. The summed E-state index contributed by atoms with van der Waals surface area (Å²) in [4.78, 5) is 3.78. The monoisotopic (exact) mass is 1040 g/mol. The molecule has 0 fully saturated rings. The van der Waals surface area contributed by atoms with Crippen molar-refractivity contribution < 1.29 is 0 Å². The first-order chi connectivity index (χ1) is 40.5. The summed E-state index contributed by atoms with van der Waals surface area (Å²) in [6, 6.07) is 103. The van der Waals surface area contributed by atoms with Crippen LogP contribution in [0.4, 0.5) is 5.69 Å². The van der Waals surface area contributed by atoms with Crippen molar-refractivity contribution in [2.45, 2.75) is 0 Å². The SMILES string of the molecule is [C-]#[N+]c1ccc2c3ccc(-c4ccc(-c5ccc6c(-c7ccc8ccccc8c7)c7cc(-c8ccc9c%10ccc(C#N)cc%10n(-c%10ccccc%10)c9c8)ccc7c(-c7ccc8ccccc8c7)c6c5)cc4)cc3n(-c3ccccc3)c2c1. The van der Waals surface area contributed by atoms with Gasteiger partial charge in [-0.2, -0.15) is 5.26 Å². The molecule has 0 unspecified atom stereocenters. The lowest BCUT2D eigenvalue weighted by Gasteiger charge is -2.20. The van der Waals surface area contributed by atoms with E-state index in [2.05, 4.69) is 263 Å². The molecule has 0 N–H and O–H groups in total. The molecule has 0 spiro atoms. The summed E-state index contributed by atoms with van der Waals surface area (Å²) in [6.07, 6.45) is 0. The van der Waals surface area contributed by atoms with Gasteiger partial charge in [0, 0.05) is 38.4 Å². The average Bonchev–Trinajstić information content (AvgIpc) is 4.22. The molecule has 0 aliphatic rings. The molecule has 16 aromatic rings. The fraction of sp³-hybridized carbons (Fsp3) is 0. The highest BCUT2D eigenvalue weighted by Crippen LogP contribution is 2.48. The van der Waals surface area contributed by atoms with Crippen LogP contribution >= 0.6 is 0 Å². The molecular formula is C78H46N4. The molecule has 0 bridgehead atoms. The third-order valence-electron chi connectivity index (χ3n) is 16.9. The van der Waals surface area contributed by atoms with Crippen LogP contribution in [0.2, 0.25) is 0 Å². The Kier molecular flexibility index (Phi) is 10.7. The van der Waals surface area contributed by atoms with Crippen LogP contribution in [0.5, 0.6) is 0 Å². The lowest BCUT2D eigenvalue weighted by Crippen LogP contribution is -1.94. The van der Waals surface area contributed by atoms with E-state index in [-0.39, 0.29) is 0 Å². The Hall–Kier alpha value is -11.3. The third-order valence-corrected chi connectivity index (χ3v) is 16.9. The maximum absolute atomic E-state index is 10.0. The zero-order valence-corrected chi connectivity index (χ0v) is 44.3. The van der Waals surface area contributed by atoms with E-state index in [9.17, 15) is 5.26 Å². The molecule has 0 atom stereocenters. The van der Waals surface area contributed by atoms with Gasteiger partial charge in [-0.15, -0.1) is 0 Å². The first kappa shape index (κ1) is 46.8. The number of aromatic nitrogens is 2. The Balaban J connectivity index is 0.896. The molecule has 0 saturated heterocycles. The fourth-order valence-corrected chi connectivity index (χ4v) is 13.0. The molecule has 0 aliphatic carbocycles. The second-order valence-corrected chi connectivity index (χ2v) is 21.4. The number of hydrogen-bond acceptors (Lipinski definition) is 1. The second-order valence-electron chi connectivity index (χ2n) is 21.4. The number of nitrogens with zero attached hydrogens (tertiary/aromatic N) is 4. The maximum Gasteiger partial charge on any atom is 0.189 e. The van der Waals surface area contributed by atoms with Crippen LogP contribution in [-0.4, -0.2) is 9.13 Å². The molecular weight excluding hydrogens is 993 g/mol. The number of nitriles is 1. The van der Waals surface area contributed by atoms with Gasteiger partial charge in [0.25, 0.3) is 0 Å². The van der Waals surface area contributed by atoms with Crippen molar-refractivity contribution in [2.75, 3.05) is 0 Å². The van der Waals surface area contributed by atoms with E-state index in [1.165, 1.54) is 54.2 Å². The number of fused-ring (bicyclic) bond motifs is 10. The molecule has 0 amide bonds. The zero-order chi connectivity index (χ0) is 54.4. The molecule has 0 radical (unpaired) electrons. The third kappa shape index (κ3) is 7.51. The number of rotatable bonds is 7. The highest BCUT2D eigenvalue weighted by Gasteiger charge is 2.22. The predicted octanol–water partition coefficient (Wildman–Crippen LogP) is 21.3. The highest BCUT2D eigenvalue weighted by molar-refractivity contribution is 6.23. The van der Waals surface area contributed by atoms with Crippen LogP contribution in [-0.2, 0) is 0 Å². The minimum atomic E-state index is 0.626. The molecule has 4 heteroatoms. The minimum absolute atomic E-state index is 0.626. The van der Waals surface area contributed by atoms with Gasteiger partial charge >= 0.3 is 0 Å². The van der Waals surface area contributed by atoms with Crippen molar-refractivity contribution in [2.24, 2.45) is 0 Å². The van der Waals surface area contributed by atoms with Gasteiger partial charge in [0.05, 0.1) is 34.8 Å². The van der Waals surface area contributed by atoms with Crippen LogP contribution in [0.1, 0.15) is 5.56 Å². The van der Waals surface area contributed by atoms with E-state index in [0.717, 1.165) is 99.5 Å².